The lowest BCUT2D eigenvalue weighted by Gasteiger charge is -2.36. The van der Waals surface area contributed by atoms with Gasteiger partial charge in [0, 0.05) is 42.9 Å². The molecule has 3 aromatic carbocycles. The van der Waals surface area contributed by atoms with E-state index in [0.717, 1.165) is 35.1 Å². The zero-order valence-corrected chi connectivity index (χ0v) is 28.5. The molecule has 0 bridgehead atoms. The van der Waals surface area contributed by atoms with Crippen molar-refractivity contribution in [1.82, 2.24) is 31.0 Å². The van der Waals surface area contributed by atoms with E-state index in [2.05, 4.69) is 32.2 Å². The molecule has 0 saturated heterocycles. The van der Waals surface area contributed by atoms with Crippen LogP contribution in [0.2, 0.25) is 0 Å². The molecule has 1 saturated carbocycles. The highest BCUT2D eigenvalue weighted by molar-refractivity contribution is 5.95. The van der Waals surface area contributed by atoms with Crippen LogP contribution in [-0.2, 0) is 23.1 Å². The fourth-order valence-corrected chi connectivity index (χ4v) is 7.10. The number of hydrogen-bond donors (Lipinski definition) is 3. The molecule has 0 radical (unpaired) electrons. The lowest BCUT2D eigenvalue weighted by Crippen LogP contribution is -2.47. The van der Waals surface area contributed by atoms with E-state index in [1.54, 1.807) is 50.2 Å². The predicted molar refractivity (Wildman–Crippen MR) is 184 cm³/mol. The van der Waals surface area contributed by atoms with Crippen LogP contribution in [0.4, 0.5) is 4.39 Å². The molecule has 2 aliphatic rings. The van der Waals surface area contributed by atoms with Crippen LogP contribution in [0.5, 0.6) is 0 Å². The number of carbonyl (C=O) groups excluding carboxylic acids is 3. The van der Waals surface area contributed by atoms with Gasteiger partial charge in [-0.2, -0.15) is 5.26 Å². The minimum atomic E-state index is -1.10. The number of aryl methyl sites for hydroxylation is 2. The molecular formula is C38H40FN7O4. The summed E-state index contributed by atoms with van der Waals surface area (Å²) in [5.74, 6) is -0.505. The molecule has 0 spiro atoms. The molecule has 1 fully saturated rings. The van der Waals surface area contributed by atoms with E-state index in [1.807, 2.05) is 31.2 Å². The Bertz CT molecular complexity index is 1900. The number of hydrogen-bond acceptors (Lipinski definition) is 8. The molecule has 1 heterocycles. The summed E-state index contributed by atoms with van der Waals surface area (Å²) in [5, 5.41) is 27.4. The number of amides is 3. The zero-order valence-electron chi connectivity index (χ0n) is 28.5. The van der Waals surface area contributed by atoms with Crippen LogP contribution >= 0.6 is 0 Å². The van der Waals surface area contributed by atoms with E-state index < -0.39 is 17.3 Å². The fraction of sp³-hybridized carbons (Fsp3) is 0.368. The highest BCUT2D eigenvalue weighted by atomic mass is 19.1. The van der Waals surface area contributed by atoms with Gasteiger partial charge in [0.25, 0.3) is 11.8 Å². The molecule has 3 N–H and O–H groups in total. The number of halogens is 1. The second-order valence-electron chi connectivity index (χ2n) is 13.1. The number of nitrogens with zero attached hydrogens (tertiary/aromatic N) is 4. The number of nitrogens with one attached hydrogen (secondary N) is 3. The van der Waals surface area contributed by atoms with E-state index >= 15 is 0 Å². The van der Waals surface area contributed by atoms with Crippen molar-refractivity contribution < 1.29 is 23.2 Å². The maximum Gasteiger partial charge on any atom is 0.251 e. The van der Waals surface area contributed by atoms with Gasteiger partial charge in [0.05, 0.1) is 12.6 Å². The molecule has 11 nitrogen and oxygen atoms in total. The minimum absolute atomic E-state index is 0.0232. The number of aromatic nitrogens is 2. The first-order chi connectivity index (χ1) is 24.1. The summed E-state index contributed by atoms with van der Waals surface area (Å²) in [5.41, 5.74) is 3.94. The van der Waals surface area contributed by atoms with Gasteiger partial charge in [-0.05, 0) is 117 Å². The van der Waals surface area contributed by atoms with E-state index in [9.17, 15) is 24.0 Å². The van der Waals surface area contributed by atoms with Gasteiger partial charge >= 0.3 is 0 Å². The van der Waals surface area contributed by atoms with Crippen LogP contribution in [-0.4, -0.2) is 71.6 Å². The summed E-state index contributed by atoms with van der Waals surface area (Å²) in [7, 11) is 3.17. The van der Waals surface area contributed by atoms with Crippen LogP contribution in [0.25, 0.3) is 11.5 Å². The molecule has 1 aromatic heterocycles. The van der Waals surface area contributed by atoms with Gasteiger partial charge in [-0.15, -0.1) is 10.2 Å². The smallest absolute Gasteiger partial charge is 0.251 e. The molecule has 1 unspecified atom stereocenters. The Kier molecular flexibility index (Phi) is 9.79. The summed E-state index contributed by atoms with van der Waals surface area (Å²) >= 11 is 0. The molecule has 2 atom stereocenters. The number of benzene rings is 3. The van der Waals surface area contributed by atoms with Gasteiger partial charge in [-0.1, -0.05) is 12.1 Å². The first-order valence-corrected chi connectivity index (χ1v) is 16.8. The first-order valence-electron chi connectivity index (χ1n) is 16.8. The third-order valence-electron chi connectivity index (χ3n) is 9.70. The molecular weight excluding hydrogens is 637 g/mol. The van der Waals surface area contributed by atoms with Crippen molar-refractivity contribution in [2.24, 2.45) is 0 Å². The molecule has 3 amide bonds. The quantitative estimate of drug-likeness (QED) is 0.213. The van der Waals surface area contributed by atoms with Crippen LogP contribution < -0.4 is 16.0 Å². The predicted octanol–water partition coefficient (Wildman–Crippen LogP) is 4.30. The highest BCUT2D eigenvalue weighted by Crippen LogP contribution is 2.48. The summed E-state index contributed by atoms with van der Waals surface area (Å²) in [6, 6.07) is 18.4. The fourth-order valence-electron chi connectivity index (χ4n) is 7.10. The molecule has 258 valence electrons. The summed E-state index contributed by atoms with van der Waals surface area (Å²) in [6.07, 6.45) is 3.24. The largest absolute Gasteiger partial charge is 0.419 e. The number of fused-ring (bicyclic) bond motifs is 2. The van der Waals surface area contributed by atoms with E-state index in [4.69, 9.17) is 4.42 Å². The van der Waals surface area contributed by atoms with Crippen molar-refractivity contribution in [2.45, 2.75) is 69.5 Å². The summed E-state index contributed by atoms with van der Waals surface area (Å²) < 4.78 is 20.4. The van der Waals surface area contributed by atoms with E-state index in [-0.39, 0.29) is 48.1 Å². The Morgan fingerprint density at radius 1 is 0.940 bits per heavy atom. The lowest BCUT2D eigenvalue weighted by atomic mass is 9.68. The third kappa shape index (κ3) is 6.61. The molecule has 0 aliphatic heterocycles. The van der Waals surface area contributed by atoms with Crippen LogP contribution in [0.3, 0.4) is 0 Å². The topological polar surface area (TPSA) is 153 Å². The number of carbonyl (C=O) groups is 3. The Morgan fingerprint density at radius 2 is 1.52 bits per heavy atom. The SMILES string of the molecule is CNC(=O)c1ccc2c(c1)CCc1cc(C(=O)NC)ccc1C2(C[C@H](C)NCC(=O)N(C(C)C#N)C1CC1)c1nnc(-c2ccc(F)cc2)o1. The summed E-state index contributed by atoms with van der Waals surface area (Å²) in [4.78, 5) is 40.7. The van der Waals surface area contributed by atoms with Gasteiger partial charge < -0.3 is 25.3 Å². The Labute approximate surface area is 290 Å². The van der Waals surface area contributed by atoms with Crippen molar-refractivity contribution in [3.05, 3.63) is 106 Å². The second kappa shape index (κ2) is 14.2. The average molecular weight is 678 g/mol. The van der Waals surface area contributed by atoms with Crippen molar-refractivity contribution in [2.75, 3.05) is 20.6 Å². The van der Waals surface area contributed by atoms with Crippen LogP contribution in [0, 0.1) is 17.1 Å². The van der Waals surface area contributed by atoms with Crippen LogP contribution in [0.15, 0.2) is 65.1 Å². The lowest BCUT2D eigenvalue weighted by molar-refractivity contribution is -0.132. The molecule has 4 aromatic rings. The molecule has 12 heteroatoms. The number of nitriles is 1. The maximum atomic E-state index is 13.8. The van der Waals surface area contributed by atoms with Gasteiger partial charge in [-0.25, -0.2) is 4.39 Å². The van der Waals surface area contributed by atoms with Crippen molar-refractivity contribution in [3.63, 3.8) is 0 Å². The van der Waals surface area contributed by atoms with Gasteiger partial charge in [0.2, 0.25) is 17.7 Å². The van der Waals surface area contributed by atoms with Crippen molar-refractivity contribution >= 4 is 17.7 Å². The highest BCUT2D eigenvalue weighted by Gasteiger charge is 2.47. The van der Waals surface area contributed by atoms with Crippen molar-refractivity contribution in [3.8, 4) is 17.5 Å². The standard InChI is InChI=1S/C38H40FN7O4/c1-22(43-21-33(47)46(23(2)20-40)30-13-14-30)19-38(37-45-44-36(50-37)24-7-11-29(39)12-8-24)31-15-9-27(34(48)41-3)17-25(31)5-6-26-18-28(35(49)42-4)10-16-32(26)38/h7-12,15-18,22-23,30,43H,5-6,13-14,19,21H2,1-4H3,(H,41,48)(H,42,49)/t22-,23?/m0/s1. The molecule has 6 rings (SSSR count). The Morgan fingerprint density at radius 3 is 2.04 bits per heavy atom. The molecule has 2 aliphatic carbocycles. The Hall–Kier alpha value is -5.41. The maximum absolute atomic E-state index is 13.8. The van der Waals surface area contributed by atoms with Gasteiger partial charge in [0.1, 0.15) is 17.3 Å². The number of rotatable bonds is 11. The van der Waals surface area contributed by atoms with E-state index in [1.165, 1.54) is 12.1 Å². The minimum Gasteiger partial charge on any atom is -0.419 e. The van der Waals surface area contributed by atoms with Gasteiger partial charge in [0.15, 0.2) is 0 Å². The third-order valence-corrected chi connectivity index (χ3v) is 9.70. The monoisotopic (exact) mass is 677 g/mol. The normalized spacial score (nSPS) is 15.8. The molecule has 50 heavy (non-hydrogen) atoms. The van der Waals surface area contributed by atoms with Gasteiger partial charge in [-0.3, -0.25) is 14.4 Å². The van der Waals surface area contributed by atoms with E-state index in [0.29, 0.717) is 36.0 Å². The first kappa shape index (κ1) is 34.5. The van der Waals surface area contributed by atoms with Crippen LogP contribution in [0.1, 0.15) is 82.0 Å². The average Bonchev–Trinajstić information content (AvgIpc) is 3.87. The van der Waals surface area contributed by atoms with Crippen molar-refractivity contribution in [1.29, 1.82) is 5.26 Å². The summed E-state index contributed by atoms with van der Waals surface area (Å²) in [6.45, 7) is 3.74. The second-order valence-corrected chi connectivity index (χ2v) is 13.1. The zero-order chi connectivity index (χ0) is 35.6. The Balaban J connectivity index is 1.50.